The van der Waals surface area contributed by atoms with Crippen molar-refractivity contribution in [1.82, 2.24) is 9.88 Å². The Hall–Kier alpha value is -3.00. The number of aromatic nitrogens is 1. The van der Waals surface area contributed by atoms with Crippen LogP contribution in [0.3, 0.4) is 0 Å². The monoisotopic (exact) mass is 432 g/mol. The molecule has 31 heavy (non-hydrogen) atoms. The Kier molecular flexibility index (Phi) is 5.66. The Labute approximate surface area is 177 Å². The number of nitrogens with zero attached hydrogens (tertiary/aromatic N) is 1. The molecule has 4 rings (SSSR count). The summed E-state index contributed by atoms with van der Waals surface area (Å²) in [7, 11) is 0. The third kappa shape index (κ3) is 4.39. The molecule has 2 aromatic carbocycles. The van der Waals surface area contributed by atoms with E-state index in [1.807, 2.05) is 30.3 Å². The van der Waals surface area contributed by atoms with Crippen LogP contribution in [0.4, 0.5) is 18.0 Å². The summed E-state index contributed by atoms with van der Waals surface area (Å²) in [5, 5.41) is 9.76. The zero-order valence-electron chi connectivity index (χ0n) is 16.8. The first kappa shape index (κ1) is 21.2. The average molecular weight is 432 g/mol. The predicted molar refractivity (Wildman–Crippen MR) is 110 cm³/mol. The lowest BCUT2D eigenvalue weighted by atomic mass is 9.73. The molecule has 2 heterocycles. The molecule has 8 heteroatoms. The molecule has 0 unspecified atom stereocenters. The first-order valence-corrected chi connectivity index (χ1v) is 10.1. The van der Waals surface area contributed by atoms with Crippen LogP contribution in [0.5, 0.6) is 0 Å². The molecule has 1 saturated heterocycles. The Bertz CT molecular complexity index is 1050. The number of benzene rings is 2. The molecule has 3 aromatic rings. The highest BCUT2D eigenvalue weighted by Crippen LogP contribution is 2.37. The fraction of sp³-hybridized carbons (Fsp3) is 0.348. The van der Waals surface area contributed by atoms with Crippen LogP contribution in [0.1, 0.15) is 29.5 Å². The van der Waals surface area contributed by atoms with Gasteiger partial charge in [0, 0.05) is 35.7 Å². The van der Waals surface area contributed by atoms with Crippen molar-refractivity contribution in [3.63, 3.8) is 0 Å². The lowest BCUT2D eigenvalue weighted by Gasteiger charge is -2.41. The highest BCUT2D eigenvalue weighted by atomic mass is 19.4. The number of rotatable bonds is 5. The number of likely N-dealkylation sites (tertiary alicyclic amines) is 1. The number of aromatic amines is 1. The minimum atomic E-state index is -4.44. The van der Waals surface area contributed by atoms with Gasteiger partial charge in [-0.25, -0.2) is 4.79 Å². The Morgan fingerprint density at radius 1 is 1.13 bits per heavy atom. The minimum absolute atomic E-state index is 0.0260. The summed E-state index contributed by atoms with van der Waals surface area (Å²) in [6.45, 7) is 1.09. The number of piperidine rings is 1. The van der Waals surface area contributed by atoms with Crippen LogP contribution >= 0.6 is 0 Å². The summed E-state index contributed by atoms with van der Waals surface area (Å²) in [6, 6.07) is 13.6. The number of amides is 1. The summed E-state index contributed by atoms with van der Waals surface area (Å²) in [6.07, 6.45) is -2.59. The van der Waals surface area contributed by atoms with Crippen LogP contribution in [0.15, 0.2) is 54.7 Å². The van der Waals surface area contributed by atoms with Crippen molar-refractivity contribution in [3.8, 4) is 0 Å². The van der Waals surface area contributed by atoms with E-state index in [1.54, 1.807) is 12.3 Å². The van der Waals surface area contributed by atoms with Gasteiger partial charge in [0.2, 0.25) is 0 Å². The van der Waals surface area contributed by atoms with Crippen LogP contribution in [-0.4, -0.2) is 40.8 Å². The molecule has 1 amide bonds. The first-order chi connectivity index (χ1) is 14.8. The van der Waals surface area contributed by atoms with Crippen molar-refractivity contribution < 1.29 is 27.8 Å². The van der Waals surface area contributed by atoms with Crippen molar-refractivity contribution in [2.45, 2.75) is 31.0 Å². The predicted octanol–water partition coefficient (Wildman–Crippen LogP) is 5.42. The summed E-state index contributed by atoms with van der Waals surface area (Å²) < 4.78 is 45.9. The molecule has 2 N–H and O–H groups in total. The normalized spacial score (nSPS) is 16.5. The molecule has 0 aliphatic carbocycles. The largest absolute Gasteiger partial charge is 0.465 e. The van der Waals surface area contributed by atoms with Gasteiger partial charge >= 0.3 is 12.3 Å². The van der Waals surface area contributed by atoms with Crippen LogP contribution in [-0.2, 0) is 22.9 Å². The van der Waals surface area contributed by atoms with E-state index in [0.29, 0.717) is 49.0 Å². The standard InChI is InChI=1S/C23H23F3N2O3/c24-23(25,26)19-12-16-6-9-27-20(16)17(13-19)14-31-15-22(18-4-2-1-3-5-18)7-10-28(11-8-22)21(29)30/h1-6,9,12-13,27H,7-8,10-11,14-15H2,(H,29,30). The number of hydrogen-bond donors (Lipinski definition) is 2. The van der Waals surface area contributed by atoms with Gasteiger partial charge in [0.1, 0.15) is 0 Å². The van der Waals surface area contributed by atoms with E-state index in [-0.39, 0.29) is 12.0 Å². The third-order valence-corrected chi connectivity index (χ3v) is 6.08. The van der Waals surface area contributed by atoms with Gasteiger partial charge in [-0.2, -0.15) is 13.2 Å². The van der Waals surface area contributed by atoms with E-state index in [2.05, 4.69) is 4.98 Å². The van der Waals surface area contributed by atoms with E-state index in [9.17, 15) is 23.1 Å². The summed E-state index contributed by atoms with van der Waals surface area (Å²) in [4.78, 5) is 15.7. The lowest BCUT2D eigenvalue weighted by molar-refractivity contribution is -0.137. The number of carboxylic acid groups (broad SMARTS) is 1. The lowest BCUT2D eigenvalue weighted by Crippen LogP contribution is -2.47. The van der Waals surface area contributed by atoms with Crippen molar-refractivity contribution in [2.75, 3.05) is 19.7 Å². The SMILES string of the molecule is O=C(O)N1CCC(COCc2cc(C(F)(F)F)cc3cc[nH]c23)(c2ccccc2)CC1. The van der Waals surface area contributed by atoms with Crippen molar-refractivity contribution in [1.29, 1.82) is 0 Å². The van der Waals surface area contributed by atoms with Crippen LogP contribution in [0.25, 0.3) is 10.9 Å². The Morgan fingerprint density at radius 2 is 1.84 bits per heavy atom. The first-order valence-electron chi connectivity index (χ1n) is 10.1. The van der Waals surface area contributed by atoms with Gasteiger partial charge in [-0.15, -0.1) is 0 Å². The maximum atomic E-state index is 13.3. The van der Waals surface area contributed by atoms with E-state index in [0.717, 1.165) is 17.7 Å². The van der Waals surface area contributed by atoms with Gasteiger partial charge in [-0.1, -0.05) is 30.3 Å². The molecule has 1 aliphatic rings. The zero-order valence-corrected chi connectivity index (χ0v) is 16.8. The smallest absolute Gasteiger partial charge is 0.416 e. The molecule has 1 fully saturated rings. The molecular weight excluding hydrogens is 409 g/mol. The van der Waals surface area contributed by atoms with Crippen molar-refractivity contribution in [3.05, 3.63) is 71.4 Å². The molecule has 0 bridgehead atoms. The maximum absolute atomic E-state index is 13.3. The van der Waals surface area contributed by atoms with E-state index >= 15 is 0 Å². The molecule has 5 nitrogen and oxygen atoms in total. The number of nitrogens with one attached hydrogen (secondary N) is 1. The summed E-state index contributed by atoms with van der Waals surface area (Å²) in [5.41, 5.74) is 1.03. The van der Waals surface area contributed by atoms with Gasteiger partial charge in [-0.3, -0.25) is 0 Å². The molecule has 1 aliphatic heterocycles. The second-order valence-electron chi connectivity index (χ2n) is 7.98. The van der Waals surface area contributed by atoms with Crippen LogP contribution < -0.4 is 0 Å². The maximum Gasteiger partial charge on any atom is 0.416 e. The quantitative estimate of drug-likeness (QED) is 0.566. The number of fused-ring (bicyclic) bond motifs is 1. The van der Waals surface area contributed by atoms with Gasteiger partial charge in [0.05, 0.1) is 24.3 Å². The molecule has 0 spiro atoms. The second-order valence-corrected chi connectivity index (χ2v) is 7.98. The van der Waals surface area contributed by atoms with Gasteiger partial charge in [0.25, 0.3) is 0 Å². The second kappa shape index (κ2) is 8.26. The number of ether oxygens (including phenoxy) is 1. The van der Waals surface area contributed by atoms with Crippen LogP contribution in [0, 0.1) is 0 Å². The highest BCUT2D eigenvalue weighted by Gasteiger charge is 2.38. The topological polar surface area (TPSA) is 65.6 Å². The van der Waals surface area contributed by atoms with Crippen molar-refractivity contribution >= 4 is 17.0 Å². The van der Waals surface area contributed by atoms with E-state index < -0.39 is 17.8 Å². The Balaban J connectivity index is 1.55. The molecule has 164 valence electrons. The number of H-pyrrole nitrogens is 1. The molecule has 0 radical (unpaired) electrons. The number of carbonyl (C=O) groups is 1. The fourth-order valence-corrected chi connectivity index (χ4v) is 4.32. The Morgan fingerprint density at radius 3 is 2.48 bits per heavy atom. The summed E-state index contributed by atoms with van der Waals surface area (Å²) in [5.74, 6) is 0. The highest BCUT2D eigenvalue weighted by molar-refractivity contribution is 5.83. The van der Waals surface area contributed by atoms with Crippen molar-refractivity contribution in [2.24, 2.45) is 0 Å². The van der Waals surface area contributed by atoms with Gasteiger partial charge in [-0.05, 0) is 36.6 Å². The number of hydrogen-bond acceptors (Lipinski definition) is 2. The minimum Gasteiger partial charge on any atom is -0.465 e. The number of alkyl halides is 3. The zero-order chi connectivity index (χ0) is 22.1. The van der Waals surface area contributed by atoms with E-state index in [4.69, 9.17) is 4.74 Å². The molecule has 0 saturated carbocycles. The van der Waals surface area contributed by atoms with Crippen LogP contribution in [0.2, 0.25) is 0 Å². The molecule has 1 aromatic heterocycles. The average Bonchev–Trinajstić information content (AvgIpc) is 3.23. The molecule has 0 atom stereocenters. The van der Waals surface area contributed by atoms with Gasteiger partial charge in [0.15, 0.2) is 0 Å². The summed E-state index contributed by atoms with van der Waals surface area (Å²) >= 11 is 0. The fourth-order valence-electron chi connectivity index (χ4n) is 4.32. The third-order valence-electron chi connectivity index (χ3n) is 6.08. The molecular formula is C23H23F3N2O3. The van der Waals surface area contributed by atoms with Gasteiger partial charge < -0.3 is 19.7 Å². The van der Waals surface area contributed by atoms with E-state index in [1.165, 1.54) is 4.90 Å². The number of halogens is 3.